The lowest BCUT2D eigenvalue weighted by molar-refractivity contribution is -0.111. The van der Waals surface area contributed by atoms with Gasteiger partial charge in [-0.3, -0.25) is 4.79 Å². The van der Waals surface area contributed by atoms with Crippen molar-refractivity contribution in [1.82, 2.24) is 20.2 Å². The van der Waals surface area contributed by atoms with Gasteiger partial charge in [-0.25, -0.2) is 14.8 Å². The summed E-state index contributed by atoms with van der Waals surface area (Å²) >= 11 is 0. The third-order valence-corrected chi connectivity index (χ3v) is 6.80. The van der Waals surface area contributed by atoms with Crippen molar-refractivity contribution in [2.45, 2.75) is 20.3 Å². The number of allylic oxidation sites excluding steroid dienone is 1. The molecule has 0 saturated heterocycles. The molecular weight excluding hydrogens is 544 g/mol. The van der Waals surface area contributed by atoms with Crippen molar-refractivity contribution in [3.05, 3.63) is 78.1 Å². The molecule has 11 nitrogen and oxygen atoms in total. The maximum absolute atomic E-state index is 12.4. The first kappa shape index (κ1) is 32.6. The molecule has 0 saturated carbocycles. The van der Waals surface area contributed by atoms with Gasteiger partial charge in [-0.15, -0.1) is 0 Å². The fraction of sp³-hybridized carbons (Fsp3) is 0.312. The van der Waals surface area contributed by atoms with Crippen LogP contribution in [0.1, 0.15) is 30.7 Å². The van der Waals surface area contributed by atoms with Gasteiger partial charge < -0.3 is 35.8 Å². The maximum atomic E-state index is 12.4. The van der Waals surface area contributed by atoms with Gasteiger partial charge in [0.05, 0.1) is 41.8 Å². The molecule has 3 aromatic rings. The number of urea groups is 1. The number of ether oxygens (including phenoxy) is 1. The first-order valence-corrected chi connectivity index (χ1v) is 14.0. The molecule has 0 bridgehead atoms. The Morgan fingerprint density at radius 3 is 2.42 bits per heavy atom. The Kier molecular flexibility index (Phi) is 11.7. The number of likely N-dealkylation sites (N-methyl/N-ethyl adjacent to an activating group) is 2. The SMILES string of the molecule is C=CC(=O)Nc1cc(Nc2ncc(NC(=O)NC)c(/C(=C/C)c3ccccc3CC)n2)c(OC)cc1N(C)CCN(C)C. The molecule has 4 N–H and O–H groups in total. The Morgan fingerprint density at radius 2 is 1.79 bits per heavy atom. The predicted octanol–water partition coefficient (Wildman–Crippen LogP) is 5.12. The lowest BCUT2D eigenvalue weighted by Gasteiger charge is -2.26. The van der Waals surface area contributed by atoms with Crippen molar-refractivity contribution in [3.8, 4) is 5.75 Å². The molecule has 0 fully saturated rings. The smallest absolute Gasteiger partial charge is 0.319 e. The van der Waals surface area contributed by atoms with Crippen LogP contribution in [0.15, 0.2) is 61.3 Å². The minimum Gasteiger partial charge on any atom is -0.494 e. The summed E-state index contributed by atoms with van der Waals surface area (Å²) < 4.78 is 5.75. The lowest BCUT2D eigenvalue weighted by Crippen LogP contribution is -2.29. The van der Waals surface area contributed by atoms with Gasteiger partial charge in [0.25, 0.3) is 0 Å². The van der Waals surface area contributed by atoms with E-state index in [2.05, 4.69) is 50.7 Å². The van der Waals surface area contributed by atoms with Crippen molar-refractivity contribution < 1.29 is 14.3 Å². The fourth-order valence-electron chi connectivity index (χ4n) is 4.46. The second-order valence-electron chi connectivity index (χ2n) is 9.99. The third-order valence-electron chi connectivity index (χ3n) is 6.80. The minimum absolute atomic E-state index is 0.277. The van der Waals surface area contributed by atoms with E-state index in [-0.39, 0.29) is 17.9 Å². The van der Waals surface area contributed by atoms with Crippen LogP contribution in [0.2, 0.25) is 0 Å². The number of hydrogen-bond acceptors (Lipinski definition) is 8. The van der Waals surface area contributed by atoms with E-state index in [1.165, 1.54) is 6.08 Å². The Morgan fingerprint density at radius 1 is 1.05 bits per heavy atom. The molecular formula is C32H42N8O3. The van der Waals surface area contributed by atoms with Crippen LogP contribution in [0, 0.1) is 0 Å². The molecule has 0 atom stereocenters. The summed E-state index contributed by atoms with van der Waals surface area (Å²) in [5.41, 5.74) is 5.88. The van der Waals surface area contributed by atoms with E-state index >= 15 is 0 Å². The molecule has 228 valence electrons. The molecule has 0 aliphatic heterocycles. The quantitative estimate of drug-likeness (QED) is 0.204. The fourth-order valence-corrected chi connectivity index (χ4v) is 4.46. The van der Waals surface area contributed by atoms with Gasteiger partial charge in [0, 0.05) is 38.8 Å². The van der Waals surface area contributed by atoms with Gasteiger partial charge in [-0.2, -0.15) is 0 Å². The highest BCUT2D eigenvalue weighted by molar-refractivity contribution is 6.02. The van der Waals surface area contributed by atoms with Crippen LogP contribution < -0.4 is 30.9 Å². The Hall–Kier alpha value is -4.90. The number of carbonyl (C=O) groups is 2. The molecule has 0 aliphatic carbocycles. The molecule has 3 rings (SSSR count). The molecule has 0 radical (unpaired) electrons. The van der Waals surface area contributed by atoms with Gasteiger partial charge in [0.2, 0.25) is 11.9 Å². The zero-order chi connectivity index (χ0) is 31.5. The van der Waals surface area contributed by atoms with Gasteiger partial charge in [-0.1, -0.05) is 43.8 Å². The number of anilines is 5. The molecule has 0 spiro atoms. The number of methoxy groups -OCH3 is 1. The number of nitrogens with zero attached hydrogens (tertiary/aromatic N) is 4. The number of amides is 3. The number of aryl methyl sites for hydroxylation is 1. The first-order valence-electron chi connectivity index (χ1n) is 14.0. The van der Waals surface area contributed by atoms with Crippen molar-refractivity contribution in [2.24, 2.45) is 0 Å². The van der Waals surface area contributed by atoms with Crippen LogP contribution in [0.25, 0.3) is 5.57 Å². The van der Waals surface area contributed by atoms with Crippen LogP contribution in [0.4, 0.5) is 33.5 Å². The van der Waals surface area contributed by atoms with Gasteiger partial charge in [0.15, 0.2) is 0 Å². The highest BCUT2D eigenvalue weighted by atomic mass is 16.5. The normalized spacial score (nSPS) is 11.1. The number of benzene rings is 2. The molecule has 1 aromatic heterocycles. The summed E-state index contributed by atoms with van der Waals surface area (Å²) in [5, 5.41) is 11.6. The van der Waals surface area contributed by atoms with Gasteiger partial charge in [-0.05, 0) is 50.7 Å². The van der Waals surface area contributed by atoms with Gasteiger partial charge in [0.1, 0.15) is 5.75 Å². The molecule has 2 aromatic carbocycles. The van der Waals surface area contributed by atoms with Crippen molar-refractivity contribution in [3.63, 3.8) is 0 Å². The number of nitrogens with one attached hydrogen (secondary N) is 4. The van der Waals surface area contributed by atoms with Crippen LogP contribution in [-0.4, -0.2) is 75.2 Å². The molecule has 3 amide bonds. The minimum atomic E-state index is -0.386. The van der Waals surface area contributed by atoms with E-state index in [1.54, 1.807) is 26.4 Å². The van der Waals surface area contributed by atoms with E-state index in [9.17, 15) is 9.59 Å². The maximum Gasteiger partial charge on any atom is 0.319 e. The second kappa shape index (κ2) is 15.4. The summed E-state index contributed by atoms with van der Waals surface area (Å²) in [6, 6.07) is 11.3. The van der Waals surface area contributed by atoms with Crippen LogP contribution >= 0.6 is 0 Å². The predicted molar refractivity (Wildman–Crippen MR) is 176 cm³/mol. The molecule has 1 heterocycles. The van der Waals surface area contributed by atoms with Crippen molar-refractivity contribution in [1.29, 1.82) is 0 Å². The zero-order valence-electron chi connectivity index (χ0n) is 26.0. The van der Waals surface area contributed by atoms with E-state index in [0.29, 0.717) is 28.5 Å². The van der Waals surface area contributed by atoms with Crippen molar-refractivity contribution >= 4 is 46.2 Å². The summed E-state index contributed by atoms with van der Waals surface area (Å²) in [6.45, 7) is 9.15. The van der Waals surface area contributed by atoms with Crippen molar-refractivity contribution in [2.75, 3.05) is 69.2 Å². The highest BCUT2D eigenvalue weighted by Gasteiger charge is 2.20. The zero-order valence-corrected chi connectivity index (χ0v) is 26.0. The largest absolute Gasteiger partial charge is 0.494 e. The third kappa shape index (κ3) is 8.32. The molecule has 0 aliphatic rings. The van der Waals surface area contributed by atoms with Gasteiger partial charge >= 0.3 is 6.03 Å². The van der Waals surface area contributed by atoms with Crippen LogP contribution in [0.5, 0.6) is 5.75 Å². The van der Waals surface area contributed by atoms with E-state index in [1.807, 2.05) is 63.3 Å². The lowest BCUT2D eigenvalue weighted by atomic mass is 9.95. The van der Waals surface area contributed by atoms with Crippen LogP contribution in [0.3, 0.4) is 0 Å². The summed E-state index contributed by atoms with van der Waals surface area (Å²) in [6.07, 6.45) is 5.58. The Bertz CT molecular complexity index is 1490. The number of rotatable bonds is 13. The van der Waals surface area contributed by atoms with Crippen LogP contribution in [-0.2, 0) is 11.2 Å². The highest BCUT2D eigenvalue weighted by Crippen LogP contribution is 2.38. The summed E-state index contributed by atoms with van der Waals surface area (Å²) in [5.74, 6) is 0.469. The van der Waals surface area contributed by atoms with E-state index in [4.69, 9.17) is 9.72 Å². The number of aromatic nitrogens is 2. The number of hydrogen-bond donors (Lipinski definition) is 4. The van der Waals surface area contributed by atoms with E-state index in [0.717, 1.165) is 41.9 Å². The Balaban J connectivity index is 2.13. The average molecular weight is 587 g/mol. The first-order chi connectivity index (χ1) is 20.6. The molecule has 43 heavy (non-hydrogen) atoms. The summed E-state index contributed by atoms with van der Waals surface area (Å²) in [4.78, 5) is 38.1. The average Bonchev–Trinajstić information content (AvgIpc) is 3.01. The second-order valence-corrected chi connectivity index (χ2v) is 9.99. The van der Waals surface area contributed by atoms with E-state index < -0.39 is 0 Å². The summed E-state index contributed by atoms with van der Waals surface area (Å²) in [7, 11) is 9.09. The number of carbonyl (C=O) groups excluding carboxylic acids is 2. The Labute approximate surface area is 254 Å². The standard InChI is InChI=1S/C32H42N8O3/c1-9-21-14-12-13-15-23(21)22(10-2)30-26(37-32(42)33-4)20-34-31(38-30)36-25-18-24(35-29(41)11-3)27(19-28(25)43-8)40(7)17-16-39(5)6/h10-15,18-20H,3,9,16-17H2,1-2,4-8H3,(H,35,41)(H2,33,37,42)(H,34,36,38)/b22-10+. The monoisotopic (exact) mass is 586 g/mol. The topological polar surface area (TPSA) is 124 Å². The molecule has 0 unspecified atom stereocenters. The molecule has 11 heteroatoms.